The zero-order chi connectivity index (χ0) is 13.3. The summed E-state index contributed by atoms with van der Waals surface area (Å²) in [6.45, 7) is 5.82. The molecule has 5 nitrogen and oxygen atoms in total. The number of halogens is 1. The Morgan fingerprint density at radius 2 is 2.22 bits per heavy atom. The number of hydrogen-bond donors (Lipinski definition) is 1. The lowest BCUT2D eigenvalue weighted by atomic mass is 10.1. The van der Waals surface area contributed by atoms with Gasteiger partial charge in [0.05, 0.1) is 4.92 Å². The van der Waals surface area contributed by atoms with E-state index in [0.717, 1.165) is 22.3 Å². The monoisotopic (exact) mass is 361 g/mol. The van der Waals surface area contributed by atoms with E-state index in [1.54, 1.807) is 6.07 Å². The topological polar surface area (TPSA) is 58.4 Å². The number of hydrogen-bond acceptors (Lipinski definition) is 4. The number of nitro groups is 1. The summed E-state index contributed by atoms with van der Waals surface area (Å²) in [6, 6.07) is 6.02. The normalized spacial score (nSPS) is 24.1. The van der Waals surface area contributed by atoms with Crippen molar-refractivity contribution in [1.29, 1.82) is 0 Å². The van der Waals surface area contributed by atoms with Crippen LogP contribution < -0.4 is 10.2 Å². The molecule has 18 heavy (non-hydrogen) atoms. The van der Waals surface area contributed by atoms with E-state index in [9.17, 15) is 10.1 Å². The third-order valence-electron chi connectivity index (χ3n) is 3.21. The molecule has 1 aromatic rings. The molecule has 0 radical (unpaired) electrons. The first-order chi connectivity index (χ1) is 8.49. The van der Waals surface area contributed by atoms with E-state index in [1.165, 1.54) is 0 Å². The van der Waals surface area contributed by atoms with Crippen LogP contribution in [0.15, 0.2) is 18.2 Å². The Kier molecular flexibility index (Phi) is 4.06. The average Bonchev–Trinajstić information content (AvgIpc) is 2.32. The molecule has 2 unspecified atom stereocenters. The summed E-state index contributed by atoms with van der Waals surface area (Å²) in [5.41, 5.74) is 0.920. The van der Waals surface area contributed by atoms with Crippen molar-refractivity contribution in [2.24, 2.45) is 0 Å². The van der Waals surface area contributed by atoms with Gasteiger partial charge in [0, 0.05) is 34.8 Å². The van der Waals surface area contributed by atoms with Crippen molar-refractivity contribution in [3.8, 4) is 0 Å². The fourth-order valence-corrected chi connectivity index (χ4v) is 2.72. The van der Waals surface area contributed by atoms with Gasteiger partial charge < -0.3 is 10.2 Å². The van der Waals surface area contributed by atoms with Crippen molar-refractivity contribution in [3.63, 3.8) is 0 Å². The zero-order valence-corrected chi connectivity index (χ0v) is 12.5. The summed E-state index contributed by atoms with van der Waals surface area (Å²) in [5.74, 6) is 0. The molecule has 0 aromatic heterocycles. The summed E-state index contributed by atoms with van der Waals surface area (Å²) in [7, 11) is 0. The molecule has 1 N–H and O–H groups in total. The van der Waals surface area contributed by atoms with Gasteiger partial charge >= 0.3 is 0 Å². The highest BCUT2D eigenvalue weighted by Gasteiger charge is 2.27. The van der Waals surface area contributed by atoms with Crippen LogP contribution in [-0.2, 0) is 0 Å². The van der Waals surface area contributed by atoms with Crippen molar-refractivity contribution >= 4 is 34.0 Å². The van der Waals surface area contributed by atoms with Crippen LogP contribution in [0.2, 0.25) is 0 Å². The second kappa shape index (κ2) is 5.40. The lowest BCUT2D eigenvalue weighted by molar-refractivity contribution is -0.384. The Morgan fingerprint density at radius 3 is 2.89 bits per heavy atom. The van der Waals surface area contributed by atoms with Gasteiger partial charge in [0.2, 0.25) is 0 Å². The lowest BCUT2D eigenvalue weighted by Gasteiger charge is -2.38. The minimum Gasteiger partial charge on any atom is -0.360 e. The Bertz CT molecular complexity index is 467. The van der Waals surface area contributed by atoms with E-state index < -0.39 is 0 Å². The molecule has 0 spiro atoms. The van der Waals surface area contributed by atoms with E-state index in [4.69, 9.17) is 0 Å². The first kappa shape index (κ1) is 13.5. The van der Waals surface area contributed by atoms with E-state index in [1.807, 2.05) is 12.1 Å². The smallest absolute Gasteiger partial charge is 0.293 e. The summed E-state index contributed by atoms with van der Waals surface area (Å²) in [4.78, 5) is 13.0. The average molecular weight is 361 g/mol. The van der Waals surface area contributed by atoms with Gasteiger partial charge in [-0.25, -0.2) is 0 Å². The Hall–Kier alpha value is -0.890. The van der Waals surface area contributed by atoms with Crippen LogP contribution in [0.4, 0.5) is 11.4 Å². The quantitative estimate of drug-likeness (QED) is 0.499. The second-order valence-corrected chi connectivity index (χ2v) is 5.95. The zero-order valence-electron chi connectivity index (χ0n) is 10.4. The second-order valence-electron chi connectivity index (χ2n) is 4.70. The molecule has 1 saturated heterocycles. The number of anilines is 1. The van der Waals surface area contributed by atoms with Gasteiger partial charge in [-0.2, -0.15) is 0 Å². The molecular weight excluding hydrogens is 345 g/mol. The highest BCUT2D eigenvalue weighted by atomic mass is 127. The van der Waals surface area contributed by atoms with E-state index in [2.05, 4.69) is 46.7 Å². The van der Waals surface area contributed by atoms with Crippen molar-refractivity contribution in [2.45, 2.75) is 25.9 Å². The predicted molar refractivity (Wildman–Crippen MR) is 80.1 cm³/mol. The van der Waals surface area contributed by atoms with Crippen LogP contribution in [0.1, 0.15) is 13.8 Å². The highest BCUT2D eigenvalue weighted by molar-refractivity contribution is 14.1. The molecule has 0 saturated carbocycles. The first-order valence-corrected chi connectivity index (χ1v) is 7.01. The third-order valence-corrected chi connectivity index (χ3v) is 3.88. The number of nitro benzene ring substituents is 1. The van der Waals surface area contributed by atoms with E-state index in [0.29, 0.717) is 6.04 Å². The first-order valence-electron chi connectivity index (χ1n) is 5.93. The van der Waals surface area contributed by atoms with Crippen LogP contribution >= 0.6 is 22.6 Å². The summed E-state index contributed by atoms with van der Waals surface area (Å²) >= 11 is 2.10. The molecule has 0 amide bonds. The third kappa shape index (κ3) is 2.74. The molecule has 1 aliphatic rings. The molecule has 0 bridgehead atoms. The molecule has 6 heteroatoms. The molecule has 1 aromatic carbocycles. The van der Waals surface area contributed by atoms with Gasteiger partial charge in [0.25, 0.3) is 5.69 Å². The van der Waals surface area contributed by atoms with Gasteiger partial charge in [-0.3, -0.25) is 10.1 Å². The summed E-state index contributed by atoms with van der Waals surface area (Å²) in [6.07, 6.45) is 0. The van der Waals surface area contributed by atoms with Gasteiger partial charge in [-0.1, -0.05) is 0 Å². The molecule has 1 heterocycles. The minimum atomic E-state index is -0.295. The largest absolute Gasteiger partial charge is 0.360 e. The van der Waals surface area contributed by atoms with Crippen molar-refractivity contribution in [1.82, 2.24) is 5.32 Å². The van der Waals surface area contributed by atoms with Crippen molar-refractivity contribution < 1.29 is 4.92 Å². The van der Waals surface area contributed by atoms with Crippen LogP contribution in [0.3, 0.4) is 0 Å². The number of rotatable bonds is 2. The maximum absolute atomic E-state index is 11.2. The number of piperazine rings is 1. The van der Waals surface area contributed by atoms with Gasteiger partial charge in [-0.15, -0.1) is 0 Å². The van der Waals surface area contributed by atoms with Crippen LogP contribution in [0, 0.1) is 13.7 Å². The molecule has 0 aliphatic carbocycles. The van der Waals surface area contributed by atoms with Crippen molar-refractivity contribution in [3.05, 3.63) is 31.9 Å². The van der Waals surface area contributed by atoms with Gasteiger partial charge in [-0.05, 0) is 48.6 Å². The standard InChI is InChI=1S/C12H16IN3O2/c1-8-7-15(9(2)6-14-8)11-4-3-10(13)5-12(11)16(17)18/h3-5,8-9,14H,6-7H2,1-2H3. The molecule has 98 valence electrons. The van der Waals surface area contributed by atoms with E-state index in [-0.39, 0.29) is 16.7 Å². The fraction of sp³-hybridized carbons (Fsp3) is 0.500. The molecule has 1 fully saturated rings. The van der Waals surface area contributed by atoms with Gasteiger partial charge in [0.15, 0.2) is 0 Å². The fourth-order valence-electron chi connectivity index (χ4n) is 2.24. The minimum absolute atomic E-state index is 0.197. The van der Waals surface area contributed by atoms with Gasteiger partial charge in [0.1, 0.15) is 5.69 Å². The SMILES string of the molecule is CC1CN(c2ccc(I)cc2[N+](=O)[O-])C(C)CN1. The molecule has 2 atom stereocenters. The summed E-state index contributed by atoms with van der Waals surface area (Å²) < 4.78 is 0.888. The maximum atomic E-state index is 11.2. The molecule has 2 rings (SSSR count). The predicted octanol–water partition coefficient (Wildman–Crippen LogP) is 2.39. The molecule has 1 aliphatic heterocycles. The van der Waals surface area contributed by atoms with Crippen LogP contribution in [-0.4, -0.2) is 30.1 Å². The summed E-state index contributed by atoms with van der Waals surface area (Å²) in [5, 5.41) is 14.5. The van der Waals surface area contributed by atoms with E-state index >= 15 is 0 Å². The maximum Gasteiger partial charge on any atom is 0.293 e. The number of benzene rings is 1. The van der Waals surface area contributed by atoms with Crippen molar-refractivity contribution in [2.75, 3.05) is 18.0 Å². The van der Waals surface area contributed by atoms with Crippen LogP contribution in [0.25, 0.3) is 0 Å². The number of nitrogens with one attached hydrogen (secondary N) is 1. The Morgan fingerprint density at radius 1 is 1.50 bits per heavy atom. The number of nitrogens with zero attached hydrogens (tertiary/aromatic N) is 2. The Balaban J connectivity index is 2.40. The lowest BCUT2D eigenvalue weighted by Crippen LogP contribution is -2.54. The van der Waals surface area contributed by atoms with Crippen LogP contribution in [0.5, 0.6) is 0 Å². The highest BCUT2D eigenvalue weighted by Crippen LogP contribution is 2.32. The Labute approximate surface area is 120 Å². The molecular formula is C12H16IN3O2.